The van der Waals surface area contributed by atoms with Crippen LogP contribution < -0.4 is 15.2 Å². The van der Waals surface area contributed by atoms with E-state index >= 15 is 0 Å². The first-order valence-electron chi connectivity index (χ1n) is 12.8. The van der Waals surface area contributed by atoms with Gasteiger partial charge in [0.05, 0.1) is 12.6 Å². The monoisotopic (exact) mass is 526 g/mol. The van der Waals surface area contributed by atoms with Gasteiger partial charge in [-0.3, -0.25) is 9.51 Å². The van der Waals surface area contributed by atoms with Gasteiger partial charge in [0.25, 0.3) is 0 Å². The number of ether oxygens (including phenoxy) is 2. The normalized spacial score (nSPS) is 13.9. The summed E-state index contributed by atoms with van der Waals surface area (Å²) < 4.78 is 32.8. The summed E-state index contributed by atoms with van der Waals surface area (Å²) in [4.78, 5) is 19.2. The molecule has 0 amide bonds. The summed E-state index contributed by atoms with van der Waals surface area (Å²) in [6.07, 6.45) is 1.81. The number of allylic oxidation sites excluding steroid dienone is 1. The third-order valence-corrected chi connectivity index (χ3v) is 7.06. The van der Waals surface area contributed by atoms with Crippen molar-refractivity contribution in [2.24, 2.45) is 0 Å². The van der Waals surface area contributed by atoms with E-state index in [1.165, 1.54) is 12.1 Å². The van der Waals surface area contributed by atoms with Crippen LogP contribution in [0.3, 0.4) is 0 Å². The molecular weight excluding hydrogens is 499 g/mol. The van der Waals surface area contributed by atoms with E-state index in [1.54, 1.807) is 13.2 Å². The molecule has 0 atom stereocenters. The van der Waals surface area contributed by atoms with Crippen molar-refractivity contribution in [3.63, 3.8) is 0 Å². The highest BCUT2D eigenvalue weighted by atomic mass is 19.1. The Kier molecular flexibility index (Phi) is 6.26. The lowest BCUT2D eigenvalue weighted by atomic mass is 9.89. The van der Waals surface area contributed by atoms with E-state index < -0.39 is 11.6 Å². The van der Waals surface area contributed by atoms with Gasteiger partial charge in [-0.2, -0.15) is 0 Å². The number of nitrogens with zero attached hydrogens (tertiary/aromatic N) is 3. The summed E-state index contributed by atoms with van der Waals surface area (Å²) in [7, 11) is 1.66. The molecule has 6 rings (SSSR count). The van der Waals surface area contributed by atoms with E-state index in [0.717, 1.165) is 57.7 Å². The SMILES string of the molecule is CCCc1nc2c(OC)cccc2n1Cc1ccc2c(c1)COc1cc(F)ccc1/C2=C(\C)c1noc(=O)[nH]1. The average molecular weight is 527 g/mol. The Morgan fingerprint density at radius 2 is 2.00 bits per heavy atom. The molecule has 3 aromatic carbocycles. The third-order valence-electron chi connectivity index (χ3n) is 7.06. The minimum atomic E-state index is -0.642. The zero-order valence-electron chi connectivity index (χ0n) is 21.9. The molecular formula is C30H27FN4O4. The van der Waals surface area contributed by atoms with Crippen LogP contribution in [0.15, 0.2) is 63.9 Å². The van der Waals surface area contributed by atoms with Crippen molar-refractivity contribution in [1.82, 2.24) is 19.7 Å². The summed E-state index contributed by atoms with van der Waals surface area (Å²) in [5.41, 5.74) is 6.96. The van der Waals surface area contributed by atoms with Crippen LogP contribution in [0.4, 0.5) is 4.39 Å². The second kappa shape index (κ2) is 9.90. The molecule has 0 unspecified atom stereocenters. The fourth-order valence-electron chi connectivity index (χ4n) is 5.25. The second-order valence-corrected chi connectivity index (χ2v) is 9.56. The lowest BCUT2D eigenvalue weighted by Crippen LogP contribution is -2.07. The molecule has 1 aliphatic rings. The molecule has 8 nitrogen and oxygen atoms in total. The number of aromatic amines is 1. The third kappa shape index (κ3) is 4.39. The Bertz CT molecular complexity index is 1800. The smallest absolute Gasteiger partial charge is 0.439 e. The van der Waals surface area contributed by atoms with Gasteiger partial charge >= 0.3 is 5.76 Å². The highest BCUT2D eigenvalue weighted by Crippen LogP contribution is 2.41. The molecule has 0 saturated heterocycles. The predicted molar refractivity (Wildman–Crippen MR) is 145 cm³/mol. The number of halogens is 1. The minimum absolute atomic E-state index is 0.256. The van der Waals surface area contributed by atoms with Gasteiger partial charge in [0, 0.05) is 30.2 Å². The number of methoxy groups -OCH3 is 1. The van der Waals surface area contributed by atoms with Crippen LogP contribution >= 0.6 is 0 Å². The maximum atomic E-state index is 14.2. The van der Waals surface area contributed by atoms with E-state index in [-0.39, 0.29) is 6.61 Å². The molecule has 1 N–H and O–H groups in total. The summed E-state index contributed by atoms with van der Waals surface area (Å²) in [6, 6.07) is 16.7. The van der Waals surface area contributed by atoms with Crippen molar-refractivity contribution in [2.75, 3.05) is 7.11 Å². The quantitative estimate of drug-likeness (QED) is 0.304. The summed E-state index contributed by atoms with van der Waals surface area (Å²) in [5, 5.41) is 3.89. The second-order valence-electron chi connectivity index (χ2n) is 9.56. The maximum Gasteiger partial charge on any atom is 0.439 e. The molecule has 9 heteroatoms. The summed E-state index contributed by atoms with van der Waals surface area (Å²) in [5.74, 6) is 1.45. The largest absolute Gasteiger partial charge is 0.494 e. The Hall–Kier alpha value is -4.66. The van der Waals surface area contributed by atoms with Gasteiger partial charge in [0.2, 0.25) is 0 Å². The van der Waals surface area contributed by atoms with Crippen LogP contribution in [-0.4, -0.2) is 26.8 Å². The zero-order valence-corrected chi connectivity index (χ0v) is 21.9. The van der Waals surface area contributed by atoms with Gasteiger partial charge in [-0.1, -0.05) is 30.3 Å². The molecule has 198 valence electrons. The number of para-hydroxylation sites is 1. The fraction of sp³-hybridized carbons (Fsp3) is 0.233. The highest BCUT2D eigenvalue weighted by Gasteiger charge is 2.24. The van der Waals surface area contributed by atoms with Crippen LogP contribution in [0, 0.1) is 5.82 Å². The van der Waals surface area contributed by atoms with E-state index in [0.29, 0.717) is 29.3 Å². The Balaban J connectivity index is 1.48. The van der Waals surface area contributed by atoms with Crippen LogP contribution in [0.25, 0.3) is 22.2 Å². The standard InChI is InChI=1S/C30H27FN4O4/c1-4-6-26-32-28-23(7-5-8-24(28)37-3)35(26)15-18-9-11-21-19(13-18)16-38-25-14-20(31)10-12-22(25)27(21)17(2)29-33-30(36)39-34-29/h5,7-14H,4,6,15-16H2,1-3H3,(H,33,34,36)/b27-17+. The minimum Gasteiger partial charge on any atom is -0.494 e. The van der Waals surface area contributed by atoms with Crippen LogP contribution in [0.1, 0.15) is 54.2 Å². The average Bonchev–Trinajstić information content (AvgIpc) is 3.48. The van der Waals surface area contributed by atoms with Gasteiger partial charge in [0.1, 0.15) is 35.3 Å². The van der Waals surface area contributed by atoms with Gasteiger partial charge in [-0.25, -0.2) is 14.2 Å². The fourth-order valence-corrected chi connectivity index (χ4v) is 5.25. The molecule has 1 aliphatic heterocycles. The molecule has 0 spiro atoms. The number of aryl methyl sites for hydroxylation is 1. The predicted octanol–water partition coefficient (Wildman–Crippen LogP) is 5.73. The van der Waals surface area contributed by atoms with Crippen LogP contribution in [0.2, 0.25) is 0 Å². The molecule has 39 heavy (non-hydrogen) atoms. The van der Waals surface area contributed by atoms with Gasteiger partial charge in [-0.05, 0) is 65.9 Å². The number of hydrogen-bond donors (Lipinski definition) is 1. The van der Waals surface area contributed by atoms with Gasteiger partial charge in [0.15, 0.2) is 5.82 Å². The molecule has 2 aromatic heterocycles. The van der Waals surface area contributed by atoms with E-state index in [1.807, 2.05) is 25.1 Å². The molecule has 0 bridgehead atoms. The first-order valence-corrected chi connectivity index (χ1v) is 12.8. The number of hydrogen-bond acceptors (Lipinski definition) is 6. The Morgan fingerprint density at radius 3 is 2.77 bits per heavy atom. The number of nitrogens with one attached hydrogen (secondary N) is 1. The summed E-state index contributed by atoms with van der Waals surface area (Å²) in [6.45, 7) is 4.86. The van der Waals surface area contributed by atoms with Crippen molar-refractivity contribution in [2.45, 2.75) is 39.8 Å². The number of aromatic nitrogens is 4. The topological polar surface area (TPSA) is 95.2 Å². The first-order chi connectivity index (χ1) is 19.0. The molecule has 5 aromatic rings. The van der Waals surface area contributed by atoms with Crippen molar-refractivity contribution in [3.05, 3.63) is 105 Å². The Labute approximate surface area is 223 Å². The van der Waals surface area contributed by atoms with Crippen LogP contribution in [-0.2, 0) is 19.6 Å². The number of imidazole rings is 1. The zero-order chi connectivity index (χ0) is 27.1. The highest BCUT2D eigenvalue weighted by molar-refractivity contribution is 5.99. The van der Waals surface area contributed by atoms with E-state index in [4.69, 9.17) is 19.0 Å². The van der Waals surface area contributed by atoms with Crippen LogP contribution in [0.5, 0.6) is 11.5 Å². The molecule has 0 saturated carbocycles. The first kappa shape index (κ1) is 24.7. The van der Waals surface area contributed by atoms with E-state index in [9.17, 15) is 9.18 Å². The van der Waals surface area contributed by atoms with E-state index in [2.05, 4.69) is 39.8 Å². The molecule has 3 heterocycles. The number of rotatable bonds is 6. The molecule has 0 radical (unpaired) electrons. The van der Waals surface area contributed by atoms with Gasteiger partial charge < -0.3 is 14.0 Å². The number of benzene rings is 3. The van der Waals surface area contributed by atoms with Gasteiger partial charge in [-0.15, -0.1) is 0 Å². The maximum absolute atomic E-state index is 14.2. The summed E-state index contributed by atoms with van der Waals surface area (Å²) >= 11 is 0. The van der Waals surface area contributed by atoms with Crippen molar-refractivity contribution >= 4 is 22.2 Å². The Morgan fingerprint density at radius 1 is 1.15 bits per heavy atom. The molecule has 0 fully saturated rings. The van der Waals surface area contributed by atoms with Crippen molar-refractivity contribution in [1.29, 1.82) is 0 Å². The molecule has 0 aliphatic carbocycles. The number of fused-ring (bicyclic) bond motifs is 3. The lowest BCUT2D eigenvalue weighted by Gasteiger charge is -2.15. The van der Waals surface area contributed by atoms with Crippen molar-refractivity contribution < 1.29 is 18.4 Å². The number of H-pyrrole nitrogens is 1. The lowest BCUT2D eigenvalue weighted by molar-refractivity contribution is 0.305. The van der Waals surface area contributed by atoms with Crippen molar-refractivity contribution in [3.8, 4) is 11.5 Å².